The lowest BCUT2D eigenvalue weighted by molar-refractivity contribution is 0.0958. The topological polar surface area (TPSA) is 29.5 Å². The Morgan fingerprint density at radius 2 is 1.67 bits per heavy atom. The van der Waals surface area contributed by atoms with Crippen LogP contribution in [0.4, 0.5) is 4.39 Å². The standard InChI is InChI=1S/C17H18FNO2/c1-19(2)11-17(20)14-5-9-16(10-6-14)21-12-13-3-7-15(18)8-4-13/h3-10H,11-12H2,1-2H3. The van der Waals surface area contributed by atoms with Crippen molar-refractivity contribution in [3.8, 4) is 5.75 Å². The summed E-state index contributed by atoms with van der Waals surface area (Å²) in [6.07, 6.45) is 0. The molecule has 110 valence electrons. The number of carbonyl (C=O) groups excluding carboxylic acids is 1. The average molecular weight is 287 g/mol. The summed E-state index contributed by atoms with van der Waals surface area (Å²) in [6, 6.07) is 13.2. The molecule has 0 radical (unpaired) electrons. The van der Waals surface area contributed by atoms with E-state index in [1.165, 1.54) is 12.1 Å². The third-order valence-corrected chi connectivity index (χ3v) is 2.95. The highest BCUT2D eigenvalue weighted by Gasteiger charge is 2.07. The van der Waals surface area contributed by atoms with E-state index in [0.717, 1.165) is 5.56 Å². The van der Waals surface area contributed by atoms with E-state index < -0.39 is 0 Å². The number of nitrogens with zero attached hydrogens (tertiary/aromatic N) is 1. The van der Waals surface area contributed by atoms with E-state index in [1.807, 2.05) is 19.0 Å². The fourth-order valence-corrected chi connectivity index (χ4v) is 1.86. The zero-order valence-corrected chi connectivity index (χ0v) is 12.2. The van der Waals surface area contributed by atoms with Gasteiger partial charge in [0.15, 0.2) is 5.78 Å². The lowest BCUT2D eigenvalue weighted by Crippen LogP contribution is -2.21. The van der Waals surface area contributed by atoms with Crippen LogP contribution >= 0.6 is 0 Å². The third-order valence-electron chi connectivity index (χ3n) is 2.95. The second-order valence-electron chi connectivity index (χ2n) is 5.10. The molecule has 0 unspecified atom stereocenters. The quantitative estimate of drug-likeness (QED) is 0.764. The molecular weight excluding hydrogens is 269 g/mol. The van der Waals surface area contributed by atoms with Gasteiger partial charge >= 0.3 is 0 Å². The second-order valence-corrected chi connectivity index (χ2v) is 5.10. The third kappa shape index (κ3) is 4.68. The van der Waals surface area contributed by atoms with E-state index in [2.05, 4.69) is 0 Å². The minimum atomic E-state index is -0.262. The number of hydrogen-bond donors (Lipinski definition) is 0. The average Bonchev–Trinajstić information content (AvgIpc) is 2.46. The summed E-state index contributed by atoms with van der Waals surface area (Å²) in [5.74, 6) is 0.494. The number of halogens is 1. The van der Waals surface area contributed by atoms with Crippen LogP contribution in [0.5, 0.6) is 5.75 Å². The molecule has 0 aliphatic rings. The molecule has 0 fully saturated rings. The number of likely N-dealkylation sites (N-methyl/N-ethyl adjacent to an activating group) is 1. The molecule has 4 heteroatoms. The first-order valence-electron chi connectivity index (χ1n) is 6.70. The van der Waals surface area contributed by atoms with Crippen molar-refractivity contribution in [2.75, 3.05) is 20.6 Å². The smallest absolute Gasteiger partial charge is 0.176 e. The summed E-state index contributed by atoms with van der Waals surface area (Å²) < 4.78 is 18.4. The molecule has 0 bridgehead atoms. The number of carbonyl (C=O) groups is 1. The van der Waals surface area contributed by atoms with Gasteiger partial charge in [0, 0.05) is 5.56 Å². The minimum absolute atomic E-state index is 0.0742. The Kier molecular flexibility index (Phi) is 5.06. The van der Waals surface area contributed by atoms with Crippen molar-refractivity contribution in [2.45, 2.75) is 6.61 Å². The Balaban J connectivity index is 1.93. The zero-order valence-electron chi connectivity index (χ0n) is 12.2. The molecule has 21 heavy (non-hydrogen) atoms. The molecule has 0 aromatic heterocycles. The van der Waals surface area contributed by atoms with Crippen molar-refractivity contribution in [1.29, 1.82) is 0 Å². The van der Waals surface area contributed by atoms with Gasteiger partial charge < -0.3 is 9.64 Å². The van der Waals surface area contributed by atoms with Gasteiger partial charge in [-0.05, 0) is 56.1 Å². The molecular formula is C17H18FNO2. The van der Waals surface area contributed by atoms with Crippen LogP contribution in [-0.4, -0.2) is 31.3 Å². The van der Waals surface area contributed by atoms with Gasteiger partial charge in [0.05, 0.1) is 6.54 Å². The summed E-state index contributed by atoms with van der Waals surface area (Å²) in [4.78, 5) is 13.7. The number of benzene rings is 2. The molecule has 0 aliphatic heterocycles. The molecule has 0 saturated carbocycles. The number of rotatable bonds is 6. The lowest BCUT2D eigenvalue weighted by atomic mass is 10.1. The van der Waals surface area contributed by atoms with Crippen molar-refractivity contribution in [1.82, 2.24) is 4.90 Å². The molecule has 3 nitrogen and oxygen atoms in total. The number of hydrogen-bond acceptors (Lipinski definition) is 3. The number of ketones is 1. The van der Waals surface area contributed by atoms with Crippen molar-refractivity contribution in [3.05, 3.63) is 65.5 Å². The van der Waals surface area contributed by atoms with Crippen LogP contribution in [0, 0.1) is 5.82 Å². The summed E-state index contributed by atoms with van der Waals surface area (Å²) in [5.41, 5.74) is 1.56. The van der Waals surface area contributed by atoms with Gasteiger partial charge in [0.25, 0.3) is 0 Å². The molecule has 0 heterocycles. The summed E-state index contributed by atoms with van der Waals surface area (Å²) in [6.45, 7) is 0.751. The molecule has 0 atom stereocenters. The molecule has 0 N–H and O–H groups in total. The predicted molar refractivity (Wildman–Crippen MR) is 80.1 cm³/mol. The maximum atomic E-state index is 12.8. The van der Waals surface area contributed by atoms with Gasteiger partial charge in [-0.1, -0.05) is 12.1 Å². The van der Waals surface area contributed by atoms with Crippen LogP contribution in [0.1, 0.15) is 15.9 Å². The second kappa shape index (κ2) is 6.99. The molecule has 0 spiro atoms. The summed E-state index contributed by atoms with van der Waals surface area (Å²) >= 11 is 0. The molecule has 2 aromatic carbocycles. The van der Waals surface area contributed by atoms with E-state index in [9.17, 15) is 9.18 Å². The van der Waals surface area contributed by atoms with Gasteiger partial charge in [-0.25, -0.2) is 4.39 Å². The lowest BCUT2D eigenvalue weighted by Gasteiger charge is -2.09. The van der Waals surface area contributed by atoms with E-state index >= 15 is 0 Å². The highest BCUT2D eigenvalue weighted by Crippen LogP contribution is 2.15. The molecule has 2 aromatic rings. The number of ether oxygens (including phenoxy) is 1. The Morgan fingerprint density at radius 1 is 1.05 bits per heavy atom. The summed E-state index contributed by atoms with van der Waals surface area (Å²) in [5, 5.41) is 0. The minimum Gasteiger partial charge on any atom is -0.489 e. The zero-order chi connectivity index (χ0) is 15.2. The molecule has 0 amide bonds. The first-order valence-corrected chi connectivity index (χ1v) is 6.70. The van der Waals surface area contributed by atoms with Crippen LogP contribution in [-0.2, 0) is 6.61 Å². The Bertz CT molecular complexity index is 591. The maximum absolute atomic E-state index is 12.8. The van der Waals surface area contributed by atoms with Crippen LogP contribution in [0.15, 0.2) is 48.5 Å². The first kappa shape index (κ1) is 15.2. The van der Waals surface area contributed by atoms with Gasteiger partial charge in [0.1, 0.15) is 18.2 Å². The van der Waals surface area contributed by atoms with E-state index in [1.54, 1.807) is 36.4 Å². The fourth-order valence-electron chi connectivity index (χ4n) is 1.86. The normalized spacial score (nSPS) is 10.7. The largest absolute Gasteiger partial charge is 0.489 e. The predicted octanol–water partition coefficient (Wildman–Crippen LogP) is 3.15. The number of Topliss-reactive ketones (excluding diaryl/α,β-unsaturated/α-hetero) is 1. The maximum Gasteiger partial charge on any atom is 0.176 e. The highest BCUT2D eigenvalue weighted by atomic mass is 19.1. The first-order chi connectivity index (χ1) is 10.0. The SMILES string of the molecule is CN(C)CC(=O)c1ccc(OCc2ccc(F)cc2)cc1. The van der Waals surface area contributed by atoms with Crippen molar-refractivity contribution >= 4 is 5.78 Å². The van der Waals surface area contributed by atoms with Gasteiger partial charge in [-0.15, -0.1) is 0 Å². The highest BCUT2D eigenvalue weighted by molar-refractivity contribution is 5.97. The monoisotopic (exact) mass is 287 g/mol. The van der Waals surface area contributed by atoms with E-state index in [0.29, 0.717) is 24.5 Å². The van der Waals surface area contributed by atoms with Gasteiger partial charge in [-0.2, -0.15) is 0 Å². The Labute approximate surface area is 124 Å². The molecule has 0 saturated heterocycles. The van der Waals surface area contributed by atoms with Gasteiger partial charge in [0.2, 0.25) is 0 Å². The van der Waals surface area contributed by atoms with Crippen LogP contribution < -0.4 is 4.74 Å². The van der Waals surface area contributed by atoms with Crippen molar-refractivity contribution in [3.63, 3.8) is 0 Å². The van der Waals surface area contributed by atoms with Crippen molar-refractivity contribution < 1.29 is 13.9 Å². The van der Waals surface area contributed by atoms with Crippen molar-refractivity contribution in [2.24, 2.45) is 0 Å². The molecule has 0 aliphatic carbocycles. The Hall–Kier alpha value is -2.20. The Morgan fingerprint density at radius 3 is 2.24 bits per heavy atom. The van der Waals surface area contributed by atoms with E-state index in [4.69, 9.17) is 4.74 Å². The van der Waals surface area contributed by atoms with Gasteiger partial charge in [-0.3, -0.25) is 4.79 Å². The fraction of sp³-hybridized carbons (Fsp3) is 0.235. The molecule has 2 rings (SSSR count). The van der Waals surface area contributed by atoms with Crippen LogP contribution in [0.3, 0.4) is 0 Å². The summed E-state index contributed by atoms with van der Waals surface area (Å²) in [7, 11) is 3.72. The van der Waals surface area contributed by atoms with E-state index in [-0.39, 0.29) is 11.6 Å². The van der Waals surface area contributed by atoms with Crippen LogP contribution in [0.25, 0.3) is 0 Å². The van der Waals surface area contributed by atoms with Crippen LogP contribution in [0.2, 0.25) is 0 Å².